The van der Waals surface area contributed by atoms with Gasteiger partial charge >= 0.3 is 6.09 Å². The number of hydrogen-bond acceptors (Lipinski definition) is 2. The Hall–Kier alpha value is -1.71. The van der Waals surface area contributed by atoms with Crippen molar-refractivity contribution in [3.63, 3.8) is 0 Å². The number of nitrogens with two attached hydrogens (primary N) is 1. The summed E-state index contributed by atoms with van der Waals surface area (Å²) in [5.41, 5.74) is 7.58. The summed E-state index contributed by atoms with van der Waals surface area (Å²) in [5.74, 6) is 0. The zero-order chi connectivity index (χ0) is 9.14. The van der Waals surface area contributed by atoms with Crippen LogP contribution in [0.25, 0.3) is 0 Å². The van der Waals surface area contributed by atoms with Crippen LogP contribution in [0.4, 0.5) is 16.2 Å². The highest BCUT2D eigenvalue weighted by molar-refractivity contribution is 5.83. The molecule has 4 nitrogen and oxygen atoms in total. The molecule has 1 amide bonds. The molecule has 0 aromatic heterocycles. The Kier molecular flexibility index (Phi) is 2.19. The lowest BCUT2D eigenvalue weighted by Gasteiger charge is -2.03. The molecule has 4 N–H and O–H groups in total. The van der Waals surface area contributed by atoms with Gasteiger partial charge in [-0.25, -0.2) is 4.79 Å². The number of benzene rings is 1. The Bertz CT molecular complexity index is 310. The van der Waals surface area contributed by atoms with Gasteiger partial charge in [0.2, 0.25) is 0 Å². The Balaban J connectivity index is 2.89. The van der Waals surface area contributed by atoms with E-state index in [0.29, 0.717) is 11.4 Å². The van der Waals surface area contributed by atoms with Crippen LogP contribution in [0.5, 0.6) is 0 Å². The Morgan fingerprint density at radius 1 is 1.58 bits per heavy atom. The van der Waals surface area contributed by atoms with E-state index in [4.69, 9.17) is 10.8 Å². The van der Waals surface area contributed by atoms with E-state index in [2.05, 4.69) is 5.32 Å². The van der Waals surface area contributed by atoms with E-state index in [1.54, 1.807) is 18.2 Å². The largest absolute Gasteiger partial charge is 0.465 e. The predicted octanol–water partition coefficient (Wildman–Crippen LogP) is 1.67. The fourth-order valence-electron chi connectivity index (χ4n) is 0.842. The maximum Gasteiger partial charge on any atom is 0.409 e. The van der Waals surface area contributed by atoms with Crippen molar-refractivity contribution in [1.82, 2.24) is 0 Å². The van der Waals surface area contributed by atoms with Crippen molar-refractivity contribution < 1.29 is 9.90 Å². The molecule has 0 aliphatic heterocycles. The fraction of sp³-hybridized carbons (Fsp3) is 0.125. The summed E-state index contributed by atoms with van der Waals surface area (Å²) in [5, 5.41) is 10.6. The summed E-state index contributed by atoms with van der Waals surface area (Å²) >= 11 is 0. The highest BCUT2D eigenvalue weighted by Crippen LogP contribution is 2.16. The highest BCUT2D eigenvalue weighted by atomic mass is 16.4. The number of nitrogens with one attached hydrogen (secondary N) is 1. The molecule has 0 heterocycles. The molecule has 1 aromatic carbocycles. The molecule has 64 valence electrons. The van der Waals surface area contributed by atoms with Gasteiger partial charge in [-0.2, -0.15) is 0 Å². The van der Waals surface area contributed by atoms with Crippen LogP contribution >= 0.6 is 0 Å². The molecule has 12 heavy (non-hydrogen) atoms. The fourth-order valence-corrected chi connectivity index (χ4v) is 0.842. The quantitative estimate of drug-likeness (QED) is 0.555. The van der Waals surface area contributed by atoms with Crippen molar-refractivity contribution in [3.8, 4) is 0 Å². The van der Waals surface area contributed by atoms with Crippen LogP contribution in [0.1, 0.15) is 5.56 Å². The summed E-state index contributed by atoms with van der Waals surface area (Å²) < 4.78 is 0. The molecular weight excluding hydrogens is 156 g/mol. The molecule has 0 saturated heterocycles. The third kappa shape index (κ3) is 1.88. The minimum absolute atomic E-state index is 0.491. The normalized spacial score (nSPS) is 9.42. The van der Waals surface area contributed by atoms with Gasteiger partial charge < -0.3 is 10.8 Å². The van der Waals surface area contributed by atoms with E-state index >= 15 is 0 Å². The van der Waals surface area contributed by atoms with Crippen LogP contribution < -0.4 is 11.1 Å². The monoisotopic (exact) mass is 166 g/mol. The van der Waals surface area contributed by atoms with Gasteiger partial charge in [-0.3, -0.25) is 5.32 Å². The summed E-state index contributed by atoms with van der Waals surface area (Å²) in [6.07, 6.45) is -1.08. The van der Waals surface area contributed by atoms with Crippen LogP contribution in [0.3, 0.4) is 0 Å². The Morgan fingerprint density at radius 3 is 2.75 bits per heavy atom. The van der Waals surface area contributed by atoms with Crippen molar-refractivity contribution in [2.45, 2.75) is 6.92 Å². The summed E-state index contributed by atoms with van der Waals surface area (Å²) in [4.78, 5) is 10.2. The Morgan fingerprint density at radius 2 is 2.25 bits per heavy atom. The van der Waals surface area contributed by atoms with E-state index in [-0.39, 0.29) is 0 Å². The molecular formula is C8H10N2O2. The van der Waals surface area contributed by atoms with Crippen LogP contribution in [0.15, 0.2) is 18.2 Å². The minimum atomic E-state index is -1.08. The Labute approximate surface area is 70.0 Å². The first-order chi connectivity index (χ1) is 5.59. The van der Waals surface area contributed by atoms with Crippen molar-refractivity contribution in [2.24, 2.45) is 0 Å². The maximum atomic E-state index is 10.2. The van der Waals surface area contributed by atoms with Gasteiger partial charge in [0, 0.05) is 11.4 Å². The lowest BCUT2D eigenvalue weighted by Crippen LogP contribution is -2.07. The molecule has 0 bridgehead atoms. The van der Waals surface area contributed by atoms with Gasteiger partial charge in [0.05, 0.1) is 0 Å². The van der Waals surface area contributed by atoms with Crippen LogP contribution in [-0.2, 0) is 0 Å². The van der Waals surface area contributed by atoms with Crippen LogP contribution in [0, 0.1) is 6.92 Å². The van der Waals surface area contributed by atoms with Crippen LogP contribution in [0.2, 0.25) is 0 Å². The van der Waals surface area contributed by atoms with E-state index in [9.17, 15) is 4.79 Å². The standard InChI is InChI=1S/C8H10N2O2/c1-5-2-3-6(4-7(5)9)10-8(11)12/h2-4,10H,9H2,1H3,(H,11,12). The SMILES string of the molecule is Cc1ccc(NC(=O)O)cc1N. The number of aryl methyl sites for hydroxylation is 1. The molecule has 0 saturated carbocycles. The lowest BCUT2D eigenvalue weighted by molar-refractivity contribution is 0.210. The lowest BCUT2D eigenvalue weighted by atomic mass is 10.2. The first-order valence-corrected chi connectivity index (χ1v) is 3.45. The zero-order valence-electron chi connectivity index (χ0n) is 6.66. The molecule has 0 spiro atoms. The number of amides is 1. The number of hydrogen-bond donors (Lipinski definition) is 3. The van der Waals surface area contributed by atoms with E-state index in [1.807, 2.05) is 6.92 Å². The molecule has 4 heteroatoms. The molecule has 0 aliphatic rings. The molecule has 0 atom stereocenters. The van der Waals surface area contributed by atoms with Crippen molar-refractivity contribution in [2.75, 3.05) is 11.1 Å². The number of anilines is 2. The average Bonchev–Trinajstić information content (AvgIpc) is 1.96. The van der Waals surface area contributed by atoms with E-state index in [1.165, 1.54) is 0 Å². The molecule has 1 aromatic rings. The maximum absolute atomic E-state index is 10.2. The van der Waals surface area contributed by atoms with Crippen molar-refractivity contribution in [1.29, 1.82) is 0 Å². The molecule has 0 aliphatic carbocycles. The van der Waals surface area contributed by atoms with Crippen LogP contribution in [-0.4, -0.2) is 11.2 Å². The van der Waals surface area contributed by atoms with Gasteiger partial charge in [-0.15, -0.1) is 0 Å². The highest BCUT2D eigenvalue weighted by Gasteiger charge is 1.99. The zero-order valence-corrected chi connectivity index (χ0v) is 6.66. The molecule has 1 rings (SSSR count). The molecule has 0 unspecified atom stereocenters. The first kappa shape index (κ1) is 8.39. The number of carbonyl (C=O) groups is 1. The number of carboxylic acid groups (broad SMARTS) is 1. The van der Waals surface area contributed by atoms with Gasteiger partial charge in [-0.1, -0.05) is 6.07 Å². The number of nitrogen functional groups attached to an aromatic ring is 1. The summed E-state index contributed by atoms with van der Waals surface area (Å²) in [6, 6.07) is 5.02. The van der Waals surface area contributed by atoms with Crippen molar-refractivity contribution in [3.05, 3.63) is 23.8 Å². The second-order valence-corrected chi connectivity index (χ2v) is 2.50. The van der Waals surface area contributed by atoms with Gasteiger partial charge in [0.15, 0.2) is 0 Å². The van der Waals surface area contributed by atoms with Crippen molar-refractivity contribution >= 4 is 17.5 Å². The predicted molar refractivity (Wildman–Crippen MR) is 47.2 cm³/mol. The first-order valence-electron chi connectivity index (χ1n) is 3.45. The average molecular weight is 166 g/mol. The molecule has 0 radical (unpaired) electrons. The topological polar surface area (TPSA) is 75.3 Å². The third-order valence-electron chi connectivity index (χ3n) is 1.53. The summed E-state index contributed by atoms with van der Waals surface area (Å²) in [6.45, 7) is 1.86. The van der Waals surface area contributed by atoms with Gasteiger partial charge in [0.25, 0.3) is 0 Å². The van der Waals surface area contributed by atoms with E-state index in [0.717, 1.165) is 5.56 Å². The van der Waals surface area contributed by atoms with Gasteiger partial charge in [0.1, 0.15) is 0 Å². The van der Waals surface area contributed by atoms with Gasteiger partial charge in [-0.05, 0) is 24.6 Å². The molecule has 0 fully saturated rings. The smallest absolute Gasteiger partial charge is 0.409 e. The third-order valence-corrected chi connectivity index (χ3v) is 1.53. The second-order valence-electron chi connectivity index (χ2n) is 2.50. The van der Waals surface area contributed by atoms with E-state index < -0.39 is 6.09 Å². The summed E-state index contributed by atoms with van der Waals surface area (Å²) in [7, 11) is 0. The second kappa shape index (κ2) is 3.13. The number of rotatable bonds is 1. The minimum Gasteiger partial charge on any atom is -0.465 e.